The molecule has 120 valence electrons. The third kappa shape index (κ3) is 2.31. The van der Waals surface area contributed by atoms with Crippen LogP contribution in [0.1, 0.15) is 67.9 Å². The largest absolute Gasteiger partial charge is 0.398 e. The second-order valence-corrected chi connectivity index (χ2v) is 7.08. The number of nitrogens with zero attached hydrogens (tertiary/aromatic N) is 1. The fraction of sp³-hybridized carbons (Fsp3) is 0.632. The van der Waals surface area contributed by atoms with Gasteiger partial charge in [-0.25, -0.2) is 0 Å². The van der Waals surface area contributed by atoms with Gasteiger partial charge in [-0.2, -0.15) is 0 Å². The third-order valence-electron chi connectivity index (χ3n) is 6.07. The Morgan fingerprint density at radius 2 is 1.91 bits per heavy atom. The number of anilines is 1. The number of nitrogens with two attached hydrogens (primary N) is 1. The van der Waals surface area contributed by atoms with Crippen molar-refractivity contribution in [2.45, 2.75) is 52.0 Å². The number of carbonyl (C=O) groups excluding carboxylic acids is 1. The van der Waals surface area contributed by atoms with E-state index < -0.39 is 0 Å². The molecule has 0 radical (unpaired) electrons. The van der Waals surface area contributed by atoms with Crippen LogP contribution in [-0.2, 0) is 0 Å². The van der Waals surface area contributed by atoms with Crippen molar-refractivity contribution < 1.29 is 4.79 Å². The van der Waals surface area contributed by atoms with E-state index in [2.05, 4.69) is 19.9 Å². The molecule has 22 heavy (non-hydrogen) atoms. The van der Waals surface area contributed by atoms with Crippen molar-refractivity contribution in [2.24, 2.45) is 17.8 Å². The standard InChI is InChI=1S/C19H28N2O/c1-4-12-9-10-14(11-13(12)5-2)18-15-7-6-8-16(20)17(15)19(22)21(18)3/h6-8,12-14,18H,4-5,9-11,20H2,1-3H3. The number of benzene rings is 1. The number of nitrogen functional groups attached to an aromatic ring is 1. The Labute approximate surface area is 133 Å². The second kappa shape index (κ2) is 5.94. The zero-order chi connectivity index (χ0) is 15.9. The van der Waals surface area contributed by atoms with Crippen molar-refractivity contribution >= 4 is 11.6 Å². The topological polar surface area (TPSA) is 46.3 Å². The van der Waals surface area contributed by atoms with E-state index in [4.69, 9.17) is 5.73 Å². The van der Waals surface area contributed by atoms with E-state index in [1.165, 1.54) is 32.1 Å². The van der Waals surface area contributed by atoms with Gasteiger partial charge in [0.05, 0.1) is 11.6 Å². The van der Waals surface area contributed by atoms with Crippen molar-refractivity contribution in [1.82, 2.24) is 4.90 Å². The van der Waals surface area contributed by atoms with Crippen LogP contribution in [0.25, 0.3) is 0 Å². The van der Waals surface area contributed by atoms with Gasteiger partial charge in [0.1, 0.15) is 0 Å². The van der Waals surface area contributed by atoms with Crippen LogP contribution in [0.4, 0.5) is 5.69 Å². The molecule has 4 atom stereocenters. The summed E-state index contributed by atoms with van der Waals surface area (Å²) < 4.78 is 0. The average Bonchev–Trinajstić information content (AvgIpc) is 2.79. The van der Waals surface area contributed by atoms with Gasteiger partial charge in [-0.3, -0.25) is 4.79 Å². The maximum Gasteiger partial charge on any atom is 0.256 e. The Bertz CT molecular complexity index is 569. The number of fused-ring (bicyclic) bond motifs is 1. The first-order valence-electron chi connectivity index (χ1n) is 8.73. The van der Waals surface area contributed by atoms with Gasteiger partial charge in [0.2, 0.25) is 0 Å². The summed E-state index contributed by atoms with van der Waals surface area (Å²) in [6, 6.07) is 6.15. The van der Waals surface area contributed by atoms with Crippen LogP contribution in [0.2, 0.25) is 0 Å². The molecule has 1 saturated carbocycles. The van der Waals surface area contributed by atoms with Gasteiger partial charge in [0.25, 0.3) is 5.91 Å². The molecule has 2 aliphatic rings. The van der Waals surface area contributed by atoms with Gasteiger partial charge in [-0.15, -0.1) is 0 Å². The Kier molecular flexibility index (Phi) is 4.16. The van der Waals surface area contributed by atoms with Crippen molar-refractivity contribution in [3.05, 3.63) is 29.3 Å². The summed E-state index contributed by atoms with van der Waals surface area (Å²) in [6.07, 6.45) is 6.31. The molecule has 1 aliphatic heterocycles. The minimum atomic E-state index is 0.101. The smallest absolute Gasteiger partial charge is 0.256 e. The number of hydrogen-bond acceptors (Lipinski definition) is 2. The van der Waals surface area contributed by atoms with Crippen LogP contribution in [0, 0.1) is 17.8 Å². The van der Waals surface area contributed by atoms with E-state index in [1.807, 2.05) is 24.1 Å². The summed E-state index contributed by atoms with van der Waals surface area (Å²) in [5.74, 6) is 2.34. The lowest BCUT2D eigenvalue weighted by Gasteiger charge is -2.40. The van der Waals surface area contributed by atoms with Gasteiger partial charge in [0, 0.05) is 12.7 Å². The van der Waals surface area contributed by atoms with E-state index in [0.29, 0.717) is 11.6 Å². The van der Waals surface area contributed by atoms with E-state index in [-0.39, 0.29) is 11.9 Å². The Morgan fingerprint density at radius 1 is 1.18 bits per heavy atom. The molecule has 3 nitrogen and oxygen atoms in total. The second-order valence-electron chi connectivity index (χ2n) is 7.08. The van der Waals surface area contributed by atoms with Crippen LogP contribution in [-0.4, -0.2) is 17.9 Å². The molecule has 4 unspecified atom stereocenters. The van der Waals surface area contributed by atoms with Crippen molar-refractivity contribution in [2.75, 3.05) is 12.8 Å². The molecule has 2 N–H and O–H groups in total. The van der Waals surface area contributed by atoms with Crippen LogP contribution in [0.3, 0.4) is 0 Å². The van der Waals surface area contributed by atoms with Crippen molar-refractivity contribution in [3.63, 3.8) is 0 Å². The summed E-state index contributed by atoms with van der Waals surface area (Å²) in [5, 5.41) is 0. The fourth-order valence-corrected chi connectivity index (χ4v) is 4.85. The molecule has 1 fully saturated rings. The van der Waals surface area contributed by atoms with Crippen molar-refractivity contribution in [3.8, 4) is 0 Å². The highest BCUT2D eigenvalue weighted by atomic mass is 16.2. The molecule has 0 spiro atoms. The van der Waals surface area contributed by atoms with Crippen LogP contribution in [0.5, 0.6) is 0 Å². The quantitative estimate of drug-likeness (QED) is 0.848. The molecule has 3 heteroatoms. The lowest BCUT2D eigenvalue weighted by Crippen LogP contribution is -2.34. The minimum absolute atomic E-state index is 0.101. The molecule has 1 amide bonds. The fourth-order valence-electron chi connectivity index (χ4n) is 4.85. The van der Waals surface area contributed by atoms with Gasteiger partial charge in [-0.05, 0) is 48.6 Å². The molecule has 1 aliphatic carbocycles. The molecule has 3 rings (SSSR count). The van der Waals surface area contributed by atoms with Crippen molar-refractivity contribution in [1.29, 1.82) is 0 Å². The summed E-state index contributed by atoms with van der Waals surface area (Å²) in [4.78, 5) is 14.5. The lowest BCUT2D eigenvalue weighted by molar-refractivity contribution is 0.0622. The monoisotopic (exact) mass is 300 g/mol. The highest BCUT2D eigenvalue weighted by Crippen LogP contribution is 2.48. The normalized spacial score (nSPS) is 31.4. The Hall–Kier alpha value is -1.51. The van der Waals surface area contributed by atoms with Crippen LogP contribution >= 0.6 is 0 Å². The molecule has 0 aromatic heterocycles. The maximum atomic E-state index is 12.6. The summed E-state index contributed by atoms with van der Waals surface area (Å²) in [6.45, 7) is 4.63. The molecule has 1 aromatic carbocycles. The van der Waals surface area contributed by atoms with Gasteiger partial charge in [0.15, 0.2) is 0 Å². The molecular weight excluding hydrogens is 272 g/mol. The van der Waals surface area contributed by atoms with Gasteiger partial charge < -0.3 is 10.6 Å². The third-order valence-corrected chi connectivity index (χ3v) is 6.07. The van der Waals surface area contributed by atoms with Gasteiger partial charge in [-0.1, -0.05) is 38.8 Å². The number of hydrogen-bond donors (Lipinski definition) is 1. The van der Waals surface area contributed by atoms with Crippen LogP contribution < -0.4 is 5.73 Å². The minimum Gasteiger partial charge on any atom is -0.398 e. The van der Waals surface area contributed by atoms with E-state index in [9.17, 15) is 4.79 Å². The van der Waals surface area contributed by atoms with E-state index >= 15 is 0 Å². The number of amides is 1. The summed E-state index contributed by atoms with van der Waals surface area (Å²) in [5.41, 5.74) is 8.60. The Balaban J connectivity index is 1.90. The molecule has 0 bridgehead atoms. The first-order valence-corrected chi connectivity index (χ1v) is 8.73. The highest BCUT2D eigenvalue weighted by Gasteiger charge is 2.42. The average molecular weight is 300 g/mol. The predicted molar refractivity (Wildman–Crippen MR) is 90.6 cm³/mol. The summed E-state index contributed by atoms with van der Waals surface area (Å²) >= 11 is 0. The molecular formula is C19H28N2O. The first-order chi connectivity index (χ1) is 10.6. The first kappa shape index (κ1) is 15.4. The van der Waals surface area contributed by atoms with E-state index in [0.717, 1.165) is 23.0 Å². The number of carbonyl (C=O) groups is 1. The zero-order valence-corrected chi connectivity index (χ0v) is 14.0. The lowest BCUT2D eigenvalue weighted by atomic mass is 9.69. The van der Waals surface area contributed by atoms with E-state index in [1.54, 1.807) is 0 Å². The van der Waals surface area contributed by atoms with Gasteiger partial charge >= 0.3 is 0 Å². The molecule has 1 aromatic rings. The predicted octanol–water partition coefficient (Wildman–Crippen LogP) is 4.25. The zero-order valence-electron chi connectivity index (χ0n) is 14.0. The Morgan fingerprint density at radius 3 is 2.59 bits per heavy atom. The summed E-state index contributed by atoms with van der Waals surface area (Å²) in [7, 11) is 1.94. The maximum absolute atomic E-state index is 12.6. The highest BCUT2D eigenvalue weighted by molar-refractivity contribution is 6.03. The molecule has 0 saturated heterocycles. The van der Waals surface area contributed by atoms with Crippen LogP contribution in [0.15, 0.2) is 18.2 Å². The SMILES string of the molecule is CCC1CCC(C2c3cccc(N)c3C(=O)N2C)CC1CC. The molecule has 1 heterocycles. The number of rotatable bonds is 3.